The number of alkyl halides is 2. The van der Waals surface area contributed by atoms with Crippen LogP contribution < -0.4 is 40.8 Å². The highest BCUT2D eigenvalue weighted by molar-refractivity contribution is 6.02. The van der Waals surface area contributed by atoms with Gasteiger partial charge in [-0.15, -0.1) is 0 Å². The fraction of sp³-hybridized carbons (Fsp3) is 0.512. The van der Waals surface area contributed by atoms with Gasteiger partial charge in [-0.25, -0.2) is 14.4 Å². The number of hydrogen-bond donors (Lipinski definition) is 4. The van der Waals surface area contributed by atoms with E-state index in [-0.39, 0.29) is 47.4 Å². The first-order valence-corrected chi connectivity index (χ1v) is 20.4. The van der Waals surface area contributed by atoms with Crippen LogP contribution in [0.1, 0.15) is 56.3 Å². The number of nitrogens with one attached hydrogen (secondary N) is 4. The van der Waals surface area contributed by atoms with E-state index in [4.69, 9.17) is 4.74 Å². The van der Waals surface area contributed by atoms with Gasteiger partial charge in [0.05, 0.1) is 31.2 Å². The molecule has 4 amide bonds. The second kappa shape index (κ2) is 17.9. The Balaban J connectivity index is 0.855. The van der Waals surface area contributed by atoms with Gasteiger partial charge in [0, 0.05) is 70.0 Å². The van der Waals surface area contributed by atoms with Gasteiger partial charge in [0.25, 0.3) is 11.8 Å². The standard InChI is InChI=1S/C41H52F3N11O5/c1-25(2)55-24-41(43,44)39(59)51(3)33-23-45-40(49-36(33)55)47-31-7-5-27(21-34(31)60-4)37(57)50-54-15-12-26(13-16-54)11-14-52-17-19-53(20-18-52)28-6-8-30(29(42)22-28)46-32-9-10-35(56)48-38(32)58/h5-8,21-23,25-26,32,46H,9-20,24H2,1-4H3,(H,50,57)(H,45,47,49)(H,48,56,58). The predicted octanol–water partition coefficient (Wildman–Crippen LogP) is 3.98. The summed E-state index contributed by atoms with van der Waals surface area (Å²) in [5, 5.41) is 10.2. The number of rotatable bonds is 12. The summed E-state index contributed by atoms with van der Waals surface area (Å²) in [5.41, 5.74) is 5.06. The van der Waals surface area contributed by atoms with Crippen LogP contribution in [0.5, 0.6) is 5.75 Å². The molecule has 3 fully saturated rings. The Morgan fingerprint density at radius 2 is 1.73 bits per heavy atom. The zero-order chi connectivity index (χ0) is 42.7. The molecule has 1 atom stereocenters. The van der Waals surface area contributed by atoms with Crippen LogP contribution in [-0.4, -0.2) is 128 Å². The van der Waals surface area contributed by atoms with Crippen molar-refractivity contribution < 1.29 is 37.1 Å². The molecule has 4 aliphatic heterocycles. The van der Waals surface area contributed by atoms with Crippen LogP contribution in [0.3, 0.4) is 0 Å². The van der Waals surface area contributed by atoms with Crippen molar-refractivity contribution in [3.05, 3.63) is 54.0 Å². The number of hydrogen-bond acceptors (Lipinski definition) is 13. The fourth-order valence-corrected chi connectivity index (χ4v) is 8.04. The third-order valence-corrected chi connectivity index (χ3v) is 11.7. The summed E-state index contributed by atoms with van der Waals surface area (Å²) < 4.78 is 50.1. The van der Waals surface area contributed by atoms with Crippen molar-refractivity contribution in [2.24, 2.45) is 5.92 Å². The number of anilines is 6. The molecule has 5 heterocycles. The third-order valence-electron chi connectivity index (χ3n) is 11.7. The highest BCUT2D eigenvalue weighted by Crippen LogP contribution is 2.37. The van der Waals surface area contributed by atoms with Crippen LogP contribution in [0.4, 0.5) is 47.7 Å². The predicted molar refractivity (Wildman–Crippen MR) is 220 cm³/mol. The van der Waals surface area contributed by atoms with Crippen molar-refractivity contribution in [3.63, 3.8) is 0 Å². The van der Waals surface area contributed by atoms with E-state index in [1.807, 2.05) is 11.1 Å². The van der Waals surface area contributed by atoms with Crippen molar-refractivity contribution in [2.45, 2.75) is 64.0 Å². The van der Waals surface area contributed by atoms with Gasteiger partial charge in [-0.1, -0.05) is 0 Å². The Morgan fingerprint density at radius 1 is 1.00 bits per heavy atom. The lowest BCUT2D eigenvalue weighted by Gasteiger charge is -2.37. The number of benzene rings is 2. The fourth-order valence-electron chi connectivity index (χ4n) is 8.04. The average Bonchev–Trinajstić information content (AvgIpc) is 3.30. The van der Waals surface area contributed by atoms with Crippen LogP contribution in [0, 0.1) is 11.7 Å². The minimum absolute atomic E-state index is 0.105. The van der Waals surface area contributed by atoms with E-state index in [2.05, 4.69) is 41.1 Å². The molecule has 4 aliphatic rings. The Bertz CT molecular complexity index is 2090. The molecule has 2 aromatic carbocycles. The molecule has 322 valence electrons. The maximum absolute atomic E-state index is 15.0. The normalized spacial score (nSPS) is 20.4. The maximum atomic E-state index is 15.0. The Kier molecular flexibility index (Phi) is 12.6. The highest BCUT2D eigenvalue weighted by Gasteiger charge is 2.47. The second-order valence-corrected chi connectivity index (χ2v) is 16.0. The Hall–Kier alpha value is -5.69. The number of ether oxygens (including phenoxy) is 1. The quantitative estimate of drug-likeness (QED) is 0.194. The first-order chi connectivity index (χ1) is 28.7. The molecule has 60 heavy (non-hydrogen) atoms. The van der Waals surface area contributed by atoms with Crippen LogP contribution in [-0.2, 0) is 14.4 Å². The lowest BCUT2D eigenvalue weighted by atomic mass is 9.94. The number of piperidine rings is 2. The number of fused-ring (bicyclic) bond motifs is 1. The molecule has 3 aromatic rings. The van der Waals surface area contributed by atoms with Crippen molar-refractivity contribution in [3.8, 4) is 5.75 Å². The number of carbonyl (C=O) groups excluding carboxylic acids is 4. The van der Waals surface area contributed by atoms with E-state index >= 15 is 4.39 Å². The van der Waals surface area contributed by atoms with Gasteiger partial charge in [0.1, 0.15) is 23.3 Å². The lowest BCUT2D eigenvalue weighted by molar-refractivity contribution is -0.140. The van der Waals surface area contributed by atoms with Gasteiger partial charge in [-0.2, -0.15) is 13.8 Å². The van der Waals surface area contributed by atoms with Crippen LogP contribution in [0.2, 0.25) is 0 Å². The number of halogens is 3. The number of imide groups is 1. The maximum Gasteiger partial charge on any atom is 0.342 e. The molecule has 16 nitrogen and oxygen atoms in total. The molecule has 19 heteroatoms. The van der Waals surface area contributed by atoms with Crippen molar-refractivity contribution >= 4 is 58.1 Å². The van der Waals surface area contributed by atoms with E-state index in [0.29, 0.717) is 29.3 Å². The molecule has 3 saturated heterocycles. The highest BCUT2D eigenvalue weighted by atomic mass is 19.3. The van der Waals surface area contributed by atoms with Crippen molar-refractivity contribution in [1.82, 2.24) is 30.6 Å². The summed E-state index contributed by atoms with van der Waals surface area (Å²) >= 11 is 0. The first-order valence-electron chi connectivity index (χ1n) is 20.4. The first kappa shape index (κ1) is 42.4. The van der Waals surface area contributed by atoms with Crippen molar-refractivity contribution in [2.75, 3.05) is 91.8 Å². The Morgan fingerprint density at radius 3 is 2.42 bits per heavy atom. The second-order valence-electron chi connectivity index (χ2n) is 16.0. The van der Waals surface area contributed by atoms with Gasteiger partial charge >= 0.3 is 5.92 Å². The summed E-state index contributed by atoms with van der Waals surface area (Å²) in [7, 11) is 2.75. The number of piperazine rings is 1. The van der Waals surface area contributed by atoms with Gasteiger partial charge in [0.15, 0.2) is 5.82 Å². The van der Waals surface area contributed by atoms with E-state index < -0.39 is 36.1 Å². The van der Waals surface area contributed by atoms with Gasteiger partial charge < -0.3 is 30.1 Å². The molecule has 4 N–H and O–H groups in total. The summed E-state index contributed by atoms with van der Waals surface area (Å²) in [6.07, 6.45) is 4.82. The molecule has 0 spiro atoms. The van der Waals surface area contributed by atoms with Crippen LogP contribution >= 0.6 is 0 Å². The topological polar surface area (TPSA) is 168 Å². The monoisotopic (exact) mass is 835 g/mol. The van der Waals surface area contributed by atoms with Crippen LogP contribution in [0.25, 0.3) is 0 Å². The summed E-state index contributed by atoms with van der Waals surface area (Å²) in [4.78, 5) is 65.0. The third kappa shape index (κ3) is 9.51. The molecule has 1 aromatic heterocycles. The van der Waals surface area contributed by atoms with Crippen molar-refractivity contribution in [1.29, 1.82) is 0 Å². The average molecular weight is 836 g/mol. The smallest absolute Gasteiger partial charge is 0.342 e. The SMILES string of the molecule is COc1cc(C(=O)NN2CCC(CCN3CCN(c4ccc(NC5CCC(=O)NC5=O)c(F)c4)CC3)CC2)ccc1Nc1ncc2c(n1)N(C(C)C)CC(F)(F)C(=O)N2C. The number of nitrogens with zero attached hydrogens (tertiary/aromatic N) is 7. The number of hydrazine groups is 1. The molecule has 1 unspecified atom stereocenters. The van der Waals surface area contributed by atoms with Gasteiger partial charge in [-0.3, -0.25) is 34.8 Å². The molecule has 0 bridgehead atoms. The minimum Gasteiger partial charge on any atom is -0.495 e. The zero-order valence-electron chi connectivity index (χ0n) is 34.3. The summed E-state index contributed by atoms with van der Waals surface area (Å²) in [6.45, 7) is 8.35. The van der Waals surface area contributed by atoms with Crippen LogP contribution in [0.15, 0.2) is 42.6 Å². The van der Waals surface area contributed by atoms with E-state index in [0.717, 1.165) is 75.7 Å². The number of carbonyl (C=O) groups is 4. The largest absolute Gasteiger partial charge is 0.495 e. The number of amides is 4. The minimum atomic E-state index is -3.61. The zero-order valence-corrected chi connectivity index (χ0v) is 34.3. The summed E-state index contributed by atoms with van der Waals surface area (Å²) in [5.74, 6) is -5.23. The van der Waals surface area contributed by atoms with Gasteiger partial charge in [0.2, 0.25) is 17.8 Å². The number of aromatic nitrogens is 2. The molecule has 0 saturated carbocycles. The van der Waals surface area contributed by atoms with E-state index in [1.165, 1.54) is 31.3 Å². The van der Waals surface area contributed by atoms with E-state index in [1.54, 1.807) is 38.1 Å². The molecule has 0 aliphatic carbocycles. The molecular weight excluding hydrogens is 784 g/mol. The molecular formula is C41H52F3N11O5. The lowest BCUT2D eigenvalue weighted by Crippen LogP contribution is -2.48. The molecule has 7 rings (SSSR count). The van der Waals surface area contributed by atoms with E-state index in [9.17, 15) is 28.0 Å². The number of methoxy groups -OCH3 is 1. The summed E-state index contributed by atoms with van der Waals surface area (Å²) in [6, 6.07) is 8.90. The van der Waals surface area contributed by atoms with Gasteiger partial charge in [-0.05, 0) is 88.4 Å². The molecule has 0 radical (unpaired) electrons. The Labute approximate surface area is 346 Å².